The number of likely N-dealkylation sites (N-methyl/N-ethyl adjacent to an activating group) is 1. The Balaban J connectivity index is 1.35. The minimum Gasteiger partial charge on any atom is -0.444 e. The van der Waals surface area contributed by atoms with Gasteiger partial charge in [0.1, 0.15) is 24.1 Å². The molecular weight excluding hydrogens is 521 g/mol. The van der Waals surface area contributed by atoms with Gasteiger partial charge in [-0.25, -0.2) is 24.1 Å². The van der Waals surface area contributed by atoms with Crippen molar-refractivity contribution >= 4 is 29.0 Å². The van der Waals surface area contributed by atoms with Crippen molar-refractivity contribution in [1.29, 1.82) is 0 Å². The van der Waals surface area contributed by atoms with Gasteiger partial charge >= 0.3 is 6.09 Å². The monoisotopic (exact) mass is 555 g/mol. The first-order valence-corrected chi connectivity index (χ1v) is 12.9. The van der Waals surface area contributed by atoms with E-state index in [2.05, 4.69) is 25.6 Å². The fourth-order valence-electron chi connectivity index (χ4n) is 4.15. The SMILES string of the molecule is CN(CC=CCNC(=O)OC(C)(C)C)C[C@H]1O[C@@H](n2cnc3c(NC(=O)c4ccccc4)ncnc32)[C@H](F)[C@@H]1O. The molecule has 0 unspecified atom stereocenters. The molecule has 4 rings (SSSR count). The first-order chi connectivity index (χ1) is 19.0. The van der Waals surface area contributed by atoms with E-state index in [1.807, 2.05) is 18.0 Å². The van der Waals surface area contributed by atoms with Gasteiger partial charge in [-0.15, -0.1) is 0 Å². The number of nitrogens with zero attached hydrogens (tertiary/aromatic N) is 5. The summed E-state index contributed by atoms with van der Waals surface area (Å²) in [6.07, 6.45) is 0.630. The van der Waals surface area contributed by atoms with E-state index in [1.165, 1.54) is 17.2 Å². The van der Waals surface area contributed by atoms with Crippen LogP contribution in [0, 0.1) is 0 Å². The Hall–Kier alpha value is -3.94. The number of fused-ring (bicyclic) bond motifs is 1. The number of aliphatic hydroxyl groups excluding tert-OH is 1. The van der Waals surface area contributed by atoms with Gasteiger partial charge in [0.25, 0.3) is 5.91 Å². The topological polar surface area (TPSA) is 144 Å². The molecule has 2 aromatic heterocycles. The summed E-state index contributed by atoms with van der Waals surface area (Å²) in [5, 5.41) is 15.9. The van der Waals surface area contributed by atoms with Crippen LogP contribution in [-0.4, -0.2) is 92.2 Å². The summed E-state index contributed by atoms with van der Waals surface area (Å²) in [4.78, 5) is 38.8. The maximum atomic E-state index is 15.2. The first kappa shape index (κ1) is 29.1. The van der Waals surface area contributed by atoms with Crippen molar-refractivity contribution in [3.63, 3.8) is 0 Å². The molecule has 12 nitrogen and oxygen atoms in total. The van der Waals surface area contributed by atoms with Crippen LogP contribution < -0.4 is 10.6 Å². The Bertz CT molecular complexity index is 1340. The van der Waals surface area contributed by atoms with Crippen LogP contribution in [-0.2, 0) is 9.47 Å². The summed E-state index contributed by atoms with van der Waals surface area (Å²) in [7, 11) is 1.81. The minimum atomic E-state index is -1.73. The number of hydrogen-bond acceptors (Lipinski definition) is 9. The highest BCUT2D eigenvalue weighted by molar-refractivity contribution is 6.06. The van der Waals surface area contributed by atoms with Crippen LogP contribution in [0.4, 0.5) is 15.0 Å². The van der Waals surface area contributed by atoms with Crippen LogP contribution in [0.25, 0.3) is 11.2 Å². The predicted octanol–water partition coefficient (Wildman–Crippen LogP) is 2.69. The van der Waals surface area contributed by atoms with E-state index in [1.54, 1.807) is 57.2 Å². The van der Waals surface area contributed by atoms with Crippen LogP contribution in [0.3, 0.4) is 0 Å². The number of aromatic nitrogens is 4. The van der Waals surface area contributed by atoms with Crippen molar-refractivity contribution in [3.05, 3.63) is 60.7 Å². The highest BCUT2D eigenvalue weighted by atomic mass is 19.1. The molecule has 0 aliphatic carbocycles. The van der Waals surface area contributed by atoms with E-state index in [0.29, 0.717) is 18.7 Å². The maximum absolute atomic E-state index is 15.2. The van der Waals surface area contributed by atoms with Crippen molar-refractivity contribution < 1.29 is 28.6 Å². The van der Waals surface area contributed by atoms with Gasteiger partial charge in [-0.1, -0.05) is 30.4 Å². The number of rotatable bonds is 9. The lowest BCUT2D eigenvalue weighted by atomic mass is 10.1. The third-order valence-electron chi connectivity index (χ3n) is 6.03. The van der Waals surface area contributed by atoms with Crippen LogP contribution in [0.1, 0.15) is 37.4 Å². The zero-order valence-corrected chi connectivity index (χ0v) is 22.8. The van der Waals surface area contributed by atoms with Gasteiger partial charge in [0.15, 0.2) is 29.4 Å². The second-order valence-corrected chi connectivity index (χ2v) is 10.4. The van der Waals surface area contributed by atoms with Gasteiger partial charge in [-0.3, -0.25) is 9.36 Å². The van der Waals surface area contributed by atoms with Crippen LogP contribution in [0.15, 0.2) is 55.1 Å². The minimum absolute atomic E-state index is 0.177. The van der Waals surface area contributed by atoms with E-state index in [4.69, 9.17) is 9.47 Å². The lowest BCUT2D eigenvalue weighted by Gasteiger charge is -2.21. The molecule has 1 saturated heterocycles. The Labute approximate surface area is 231 Å². The summed E-state index contributed by atoms with van der Waals surface area (Å²) in [5.41, 5.74) is 0.398. The molecule has 214 valence electrons. The maximum Gasteiger partial charge on any atom is 0.407 e. The number of carbonyl (C=O) groups excluding carboxylic acids is 2. The molecule has 13 heteroatoms. The molecule has 1 aliphatic rings. The quantitative estimate of drug-likeness (QED) is 0.340. The largest absolute Gasteiger partial charge is 0.444 e. The summed E-state index contributed by atoms with van der Waals surface area (Å²) < 4.78 is 27.7. The van der Waals surface area contributed by atoms with Gasteiger partial charge < -0.3 is 30.1 Å². The number of alkyl halides is 1. The summed E-state index contributed by atoms with van der Waals surface area (Å²) in [5.74, 6) is -0.195. The highest BCUT2D eigenvalue weighted by Gasteiger charge is 2.46. The second kappa shape index (κ2) is 12.5. The summed E-state index contributed by atoms with van der Waals surface area (Å²) in [6.45, 7) is 6.39. The molecule has 3 heterocycles. The zero-order chi connectivity index (χ0) is 28.9. The Kier molecular flexibility index (Phi) is 9.07. The standard InChI is InChI=1S/C27H34FN7O5/c1-27(2,3)40-26(38)29-12-8-9-13-34(4)14-18-21(36)19(28)25(39-18)35-16-32-20-22(30-15-31-23(20)35)33-24(37)17-10-6-5-7-11-17/h5-11,15-16,18-19,21,25,36H,12-14H2,1-4H3,(H,29,38)(H,30,31,33,37)/t18-,19-,21-,25-/m1/s1. The van der Waals surface area contributed by atoms with Crippen molar-refractivity contribution in [3.8, 4) is 0 Å². The third-order valence-corrected chi connectivity index (χ3v) is 6.03. The lowest BCUT2D eigenvalue weighted by molar-refractivity contribution is -0.0330. The number of hydrogen-bond donors (Lipinski definition) is 3. The van der Waals surface area contributed by atoms with Crippen molar-refractivity contribution in [1.82, 2.24) is 29.7 Å². The second-order valence-electron chi connectivity index (χ2n) is 10.4. The molecule has 3 N–H and O–H groups in total. The Morgan fingerprint density at radius 2 is 1.95 bits per heavy atom. The van der Waals surface area contributed by atoms with Gasteiger partial charge in [-0.2, -0.15) is 0 Å². The number of amides is 2. The number of halogens is 1. The Morgan fingerprint density at radius 3 is 2.67 bits per heavy atom. The number of anilines is 1. The number of aliphatic hydroxyl groups is 1. The molecule has 1 aliphatic heterocycles. The van der Waals surface area contributed by atoms with Gasteiger partial charge in [0.05, 0.1) is 6.33 Å². The third kappa shape index (κ3) is 7.17. The molecule has 0 bridgehead atoms. The molecule has 40 heavy (non-hydrogen) atoms. The van der Waals surface area contributed by atoms with E-state index in [0.717, 1.165) is 0 Å². The molecule has 1 aromatic carbocycles. The number of benzene rings is 1. The van der Waals surface area contributed by atoms with Crippen LogP contribution in [0.5, 0.6) is 0 Å². The van der Waals surface area contributed by atoms with E-state index < -0.39 is 36.3 Å². The number of alkyl carbamates (subject to hydrolysis) is 1. The predicted molar refractivity (Wildman–Crippen MR) is 145 cm³/mol. The summed E-state index contributed by atoms with van der Waals surface area (Å²) >= 11 is 0. The van der Waals surface area contributed by atoms with E-state index in [-0.39, 0.29) is 29.4 Å². The number of imidazole rings is 1. The normalized spacial score (nSPS) is 21.3. The molecule has 2 amide bonds. The summed E-state index contributed by atoms with van der Waals surface area (Å²) in [6, 6.07) is 8.64. The van der Waals surface area contributed by atoms with Crippen molar-refractivity contribution in [2.24, 2.45) is 0 Å². The molecule has 3 aromatic rings. The average molecular weight is 556 g/mol. The van der Waals surface area contributed by atoms with Gasteiger partial charge in [-0.05, 0) is 40.0 Å². The number of nitrogens with one attached hydrogen (secondary N) is 2. The van der Waals surface area contributed by atoms with Gasteiger partial charge in [0, 0.05) is 25.2 Å². The number of carbonyl (C=O) groups is 2. The van der Waals surface area contributed by atoms with Crippen molar-refractivity contribution in [2.45, 2.75) is 51.0 Å². The molecule has 4 atom stereocenters. The number of ether oxygens (including phenoxy) is 2. The zero-order valence-electron chi connectivity index (χ0n) is 22.8. The first-order valence-electron chi connectivity index (χ1n) is 12.9. The van der Waals surface area contributed by atoms with Crippen LogP contribution in [0.2, 0.25) is 0 Å². The fraction of sp³-hybridized carbons (Fsp3) is 0.444. The highest BCUT2D eigenvalue weighted by Crippen LogP contribution is 2.34. The average Bonchev–Trinajstić information content (AvgIpc) is 3.45. The molecular formula is C27H34FN7O5. The molecule has 0 spiro atoms. The molecule has 1 fully saturated rings. The van der Waals surface area contributed by atoms with Crippen molar-refractivity contribution in [2.75, 3.05) is 32.0 Å². The molecule has 0 saturated carbocycles. The fourth-order valence-corrected chi connectivity index (χ4v) is 4.15. The van der Waals surface area contributed by atoms with E-state index in [9.17, 15) is 14.7 Å². The van der Waals surface area contributed by atoms with Crippen LogP contribution >= 0.6 is 0 Å². The van der Waals surface area contributed by atoms with E-state index >= 15 is 4.39 Å². The lowest BCUT2D eigenvalue weighted by Crippen LogP contribution is -2.37. The molecule has 0 radical (unpaired) electrons. The smallest absolute Gasteiger partial charge is 0.407 e. The van der Waals surface area contributed by atoms with Gasteiger partial charge in [0.2, 0.25) is 0 Å². The Morgan fingerprint density at radius 1 is 1.20 bits per heavy atom.